The molecule has 2 aromatic carbocycles. The molecule has 8 nitrogen and oxygen atoms in total. The van der Waals surface area contributed by atoms with Crippen molar-refractivity contribution in [3.8, 4) is 11.5 Å². The zero-order valence-corrected chi connectivity index (χ0v) is 20.3. The topological polar surface area (TPSA) is 88.6 Å². The maximum Gasteiger partial charge on any atom is 0.255 e. The van der Waals surface area contributed by atoms with Crippen LogP contribution in [0.2, 0.25) is 0 Å². The molecule has 1 aliphatic carbocycles. The van der Waals surface area contributed by atoms with Gasteiger partial charge in [0.2, 0.25) is 5.95 Å². The SMILES string of the molecule is COc1ccc(OC)c(C(=O)NCC2CCC(Nc3nc(N(C)C)c4ccccc4n3)CC2)c1. The first-order valence-corrected chi connectivity index (χ1v) is 11.7. The molecule has 0 spiro atoms. The number of carbonyl (C=O) groups is 1. The second kappa shape index (κ2) is 10.6. The van der Waals surface area contributed by atoms with Crippen molar-refractivity contribution < 1.29 is 14.3 Å². The number of aromatic nitrogens is 2. The standard InChI is InChI=1S/C26H33N5O3/c1-31(2)24-20-7-5-6-8-22(20)29-26(30-24)28-18-11-9-17(10-12-18)16-27-25(32)21-15-19(33-3)13-14-23(21)34-4/h5-8,13-15,17-18H,9-12,16H2,1-4H3,(H,27,32)(H,28,29,30). The summed E-state index contributed by atoms with van der Waals surface area (Å²) < 4.78 is 10.6. The van der Waals surface area contributed by atoms with Gasteiger partial charge in [-0.3, -0.25) is 4.79 Å². The molecule has 4 rings (SSSR count). The average Bonchev–Trinajstić information content (AvgIpc) is 2.87. The van der Waals surface area contributed by atoms with Crippen molar-refractivity contribution >= 4 is 28.6 Å². The highest BCUT2D eigenvalue weighted by Crippen LogP contribution is 2.29. The van der Waals surface area contributed by atoms with E-state index >= 15 is 0 Å². The van der Waals surface area contributed by atoms with Crippen LogP contribution in [0.15, 0.2) is 42.5 Å². The Hall–Kier alpha value is -3.55. The molecule has 0 atom stereocenters. The third kappa shape index (κ3) is 5.32. The van der Waals surface area contributed by atoms with Crippen LogP contribution in [0.5, 0.6) is 11.5 Å². The van der Waals surface area contributed by atoms with E-state index in [1.807, 2.05) is 37.2 Å². The molecule has 1 aromatic heterocycles. The molecular formula is C26H33N5O3. The molecule has 2 N–H and O–H groups in total. The number of nitrogens with one attached hydrogen (secondary N) is 2. The Morgan fingerprint density at radius 1 is 1.03 bits per heavy atom. The number of hydrogen-bond acceptors (Lipinski definition) is 7. The van der Waals surface area contributed by atoms with Gasteiger partial charge in [-0.1, -0.05) is 12.1 Å². The van der Waals surface area contributed by atoms with Gasteiger partial charge >= 0.3 is 0 Å². The minimum Gasteiger partial charge on any atom is -0.497 e. The van der Waals surface area contributed by atoms with Crippen molar-refractivity contribution in [3.63, 3.8) is 0 Å². The Morgan fingerprint density at radius 3 is 2.50 bits per heavy atom. The van der Waals surface area contributed by atoms with Crippen molar-refractivity contribution in [2.75, 3.05) is 45.1 Å². The number of fused-ring (bicyclic) bond motifs is 1. The largest absolute Gasteiger partial charge is 0.497 e. The van der Waals surface area contributed by atoms with Crippen molar-refractivity contribution in [3.05, 3.63) is 48.0 Å². The van der Waals surface area contributed by atoms with Gasteiger partial charge in [0.05, 0.1) is 25.3 Å². The van der Waals surface area contributed by atoms with Crippen molar-refractivity contribution in [2.45, 2.75) is 31.7 Å². The number of amides is 1. The predicted octanol–water partition coefficient (Wildman–Crippen LogP) is 4.11. The fourth-order valence-electron chi connectivity index (χ4n) is 4.48. The Bertz CT molecular complexity index is 1140. The van der Waals surface area contributed by atoms with Gasteiger partial charge < -0.3 is 25.0 Å². The van der Waals surface area contributed by atoms with Crippen LogP contribution in [-0.2, 0) is 0 Å². The molecule has 1 aliphatic rings. The van der Waals surface area contributed by atoms with Gasteiger partial charge in [0.15, 0.2) is 0 Å². The van der Waals surface area contributed by atoms with Crippen LogP contribution >= 0.6 is 0 Å². The van der Waals surface area contributed by atoms with Crippen LogP contribution in [0.1, 0.15) is 36.0 Å². The maximum absolute atomic E-state index is 12.8. The van der Waals surface area contributed by atoms with Crippen LogP contribution in [0.25, 0.3) is 10.9 Å². The van der Waals surface area contributed by atoms with E-state index in [9.17, 15) is 4.79 Å². The summed E-state index contributed by atoms with van der Waals surface area (Å²) in [6.07, 6.45) is 4.08. The Morgan fingerprint density at radius 2 is 1.79 bits per heavy atom. The number of hydrogen-bond donors (Lipinski definition) is 2. The van der Waals surface area contributed by atoms with E-state index in [1.165, 1.54) is 0 Å². The summed E-state index contributed by atoms with van der Waals surface area (Å²) in [4.78, 5) is 24.3. The highest BCUT2D eigenvalue weighted by Gasteiger charge is 2.23. The van der Waals surface area contributed by atoms with E-state index in [0.717, 1.165) is 42.4 Å². The van der Waals surface area contributed by atoms with Gasteiger partial charge in [0, 0.05) is 32.1 Å². The highest BCUT2D eigenvalue weighted by atomic mass is 16.5. The lowest BCUT2D eigenvalue weighted by Gasteiger charge is -2.29. The molecule has 0 saturated heterocycles. The minimum absolute atomic E-state index is 0.142. The van der Waals surface area contributed by atoms with E-state index < -0.39 is 0 Å². The summed E-state index contributed by atoms with van der Waals surface area (Å²) in [6, 6.07) is 13.6. The number of rotatable bonds is 8. The number of anilines is 2. The zero-order valence-electron chi connectivity index (χ0n) is 20.3. The normalized spacial score (nSPS) is 17.8. The van der Waals surface area contributed by atoms with Crippen LogP contribution in [-0.4, -0.2) is 56.8 Å². The van der Waals surface area contributed by atoms with Gasteiger partial charge in [0.1, 0.15) is 17.3 Å². The Balaban J connectivity index is 1.32. The second-order valence-electron chi connectivity index (χ2n) is 8.92. The molecule has 8 heteroatoms. The number of methoxy groups -OCH3 is 2. The molecular weight excluding hydrogens is 430 g/mol. The van der Waals surface area contributed by atoms with Gasteiger partial charge in [-0.15, -0.1) is 0 Å². The van der Waals surface area contributed by atoms with E-state index in [-0.39, 0.29) is 5.91 Å². The average molecular weight is 464 g/mol. The molecule has 1 fully saturated rings. The quantitative estimate of drug-likeness (QED) is 0.520. The number of nitrogens with zero attached hydrogens (tertiary/aromatic N) is 3. The summed E-state index contributed by atoms with van der Waals surface area (Å²) in [6.45, 7) is 0.642. The lowest BCUT2D eigenvalue weighted by atomic mass is 9.86. The summed E-state index contributed by atoms with van der Waals surface area (Å²) in [5.41, 5.74) is 1.43. The van der Waals surface area contributed by atoms with Crippen LogP contribution in [0.3, 0.4) is 0 Å². The first kappa shape index (κ1) is 23.6. The lowest BCUT2D eigenvalue weighted by molar-refractivity contribution is 0.0940. The van der Waals surface area contributed by atoms with Gasteiger partial charge in [-0.25, -0.2) is 4.98 Å². The molecule has 1 saturated carbocycles. The van der Waals surface area contributed by atoms with E-state index in [2.05, 4.69) is 16.7 Å². The number of ether oxygens (including phenoxy) is 2. The molecule has 180 valence electrons. The molecule has 0 radical (unpaired) electrons. The molecule has 0 unspecified atom stereocenters. The molecule has 0 aliphatic heterocycles. The highest BCUT2D eigenvalue weighted by molar-refractivity contribution is 5.97. The minimum atomic E-state index is -0.142. The summed E-state index contributed by atoms with van der Waals surface area (Å²) >= 11 is 0. The molecule has 0 bridgehead atoms. The van der Waals surface area contributed by atoms with Gasteiger partial charge in [0.25, 0.3) is 5.91 Å². The number of carbonyl (C=O) groups excluding carboxylic acids is 1. The van der Waals surface area contributed by atoms with Crippen molar-refractivity contribution in [1.82, 2.24) is 15.3 Å². The van der Waals surface area contributed by atoms with Crippen molar-refractivity contribution in [1.29, 1.82) is 0 Å². The van der Waals surface area contributed by atoms with Gasteiger partial charge in [-0.05, 0) is 61.9 Å². The van der Waals surface area contributed by atoms with Crippen LogP contribution < -0.4 is 25.0 Å². The predicted molar refractivity (Wildman–Crippen MR) is 135 cm³/mol. The van der Waals surface area contributed by atoms with Gasteiger partial charge in [-0.2, -0.15) is 4.98 Å². The van der Waals surface area contributed by atoms with E-state index in [1.54, 1.807) is 32.4 Å². The lowest BCUT2D eigenvalue weighted by Crippen LogP contribution is -2.34. The molecule has 34 heavy (non-hydrogen) atoms. The van der Waals surface area contributed by atoms with E-state index in [4.69, 9.17) is 19.4 Å². The number of benzene rings is 2. The molecule has 1 amide bonds. The first-order valence-electron chi connectivity index (χ1n) is 11.7. The fraction of sp³-hybridized carbons (Fsp3) is 0.423. The van der Waals surface area contributed by atoms with Crippen molar-refractivity contribution in [2.24, 2.45) is 5.92 Å². The van der Waals surface area contributed by atoms with E-state index in [0.29, 0.717) is 41.5 Å². The Labute approximate surface area is 200 Å². The first-order chi connectivity index (χ1) is 16.5. The molecule has 1 heterocycles. The van der Waals surface area contributed by atoms with Crippen LogP contribution in [0, 0.1) is 5.92 Å². The maximum atomic E-state index is 12.8. The fourth-order valence-corrected chi connectivity index (χ4v) is 4.48. The number of para-hydroxylation sites is 1. The second-order valence-corrected chi connectivity index (χ2v) is 8.92. The summed E-state index contributed by atoms with van der Waals surface area (Å²) in [5.74, 6) is 3.05. The third-order valence-corrected chi connectivity index (χ3v) is 6.39. The smallest absolute Gasteiger partial charge is 0.255 e. The third-order valence-electron chi connectivity index (χ3n) is 6.39. The zero-order chi connectivity index (χ0) is 24.1. The molecule has 3 aromatic rings. The summed E-state index contributed by atoms with van der Waals surface area (Å²) in [5, 5.41) is 7.66. The van der Waals surface area contributed by atoms with Crippen LogP contribution in [0.4, 0.5) is 11.8 Å². The Kier molecular flexibility index (Phi) is 7.35. The summed E-state index contributed by atoms with van der Waals surface area (Å²) in [7, 11) is 7.15. The monoisotopic (exact) mass is 463 g/mol.